The molecule has 1 amide bonds. The normalized spacial score (nSPS) is 15.6. The number of nitrogens with one attached hydrogen (secondary N) is 3. The van der Waals surface area contributed by atoms with Gasteiger partial charge in [0, 0.05) is 75.5 Å². The van der Waals surface area contributed by atoms with E-state index in [0.717, 1.165) is 61.0 Å². The monoisotopic (exact) mass is 434 g/mol. The van der Waals surface area contributed by atoms with E-state index in [1.165, 1.54) is 5.56 Å². The zero-order chi connectivity index (χ0) is 21.3. The topological polar surface area (TPSA) is 85.0 Å². The second-order valence-corrected chi connectivity index (χ2v) is 7.77. The van der Waals surface area contributed by atoms with Crippen molar-refractivity contribution in [1.82, 2.24) is 25.4 Å². The first kappa shape index (κ1) is 22.4. The number of fused-ring (bicyclic) bond motifs is 1. The van der Waals surface area contributed by atoms with Crippen LogP contribution in [0.1, 0.15) is 5.56 Å². The van der Waals surface area contributed by atoms with Gasteiger partial charge in [-0.1, -0.05) is 11.6 Å². The average Bonchev–Trinajstić information content (AvgIpc) is 3.14. The Labute approximate surface area is 182 Å². The molecular weight excluding hydrogens is 404 g/mol. The summed E-state index contributed by atoms with van der Waals surface area (Å²) in [5.41, 5.74) is 2.33. The summed E-state index contributed by atoms with van der Waals surface area (Å²) in [5, 5.41) is 8.24. The molecule has 0 aliphatic carbocycles. The second kappa shape index (κ2) is 11.2. The lowest BCUT2D eigenvalue weighted by atomic mass is 10.1. The van der Waals surface area contributed by atoms with Crippen LogP contribution in [0.4, 0.5) is 0 Å². The second-order valence-electron chi connectivity index (χ2n) is 7.33. The number of H-pyrrole nitrogens is 1. The van der Waals surface area contributed by atoms with E-state index in [2.05, 4.69) is 30.4 Å². The van der Waals surface area contributed by atoms with Crippen molar-refractivity contribution in [3.05, 3.63) is 35.0 Å². The van der Waals surface area contributed by atoms with Gasteiger partial charge >= 0.3 is 0 Å². The number of rotatable bonds is 8. The summed E-state index contributed by atoms with van der Waals surface area (Å²) in [4.78, 5) is 24.1. The van der Waals surface area contributed by atoms with Crippen LogP contribution >= 0.6 is 11.6 Å². The molecule has 2 aromatic rings. The van der Waals surface area contributed by atoms with Crippen LogP contribution in [0.25, 0.3) is 10.9 Å². The number of methoxy groups -OCH3 is 1. The Bertz CT molecular complexity index is 860. The quantitative estimate of drug-likeness (QED) is 0.331. The van der Waals surface area contributed by atoms with Crippen LogP contribution in [-0.4, -0.2) is 93.2 Å². The highest BCUT2D eigenvalue weighted by atomic mass is 35.5. The molecule has 1 aliphatic heterocycles. The third-order valence-corrected chi connectivity index (χ3v) is 5.52. The molecule has 0 bridgehead atoms. The molecule has 3 N–H and O–H groups in total. The van der Waals surface area contributed by atoms with Gasteiger partial charge in [0.05, 0.1) is 13.2 Å². The third kappa shape index (κ3) is 6.10. The summed E-state index contributed by atoms with van der Waals surface area (Å²) in [6.07, 6.45) is 2.92. The molecule has 1 aromatic heterocycles. The van der Waals surface area contributed by atoms with E-state index in [1.807, 2.05) is 31.4 Å². The van der Waals surface area contributed by atoms with Gasteiger partial charge in [0.1, 0.15) is 0 Å². The fourth-order valence-electron chi connectivity index (χ4n) is 3.67. The molecule has 30 heavy (non-hydrogen) atoms. The van der Waals surface area contributed by atoms with Crippen molar-refractivity contribution in [2.45, 2.75) is 6.42 Å². The number of hydrogen-bond acceptors (Lipinski definition) is 4. The van der Waals surface area contributed by atoms with Crippen molar-refractivity contribution in [2.24, 2.45) is 4.99 Å². The molecule has 0 spiro atoms. The number of hydrogen-bond donors (Lipinski definition) is 3. The van der Waals surface area contributed by atoms with Gasteiger partial charge in [0.15, 0.2) is 5.96 Å². The van der Waals surface area contributed by atoms with Crippen LogP contribution < -0.4 is 10.6 Å². The molecule has 8 nitrogen and oxygen atoms in total. The van der Waals surface area contributed by atoms with Gasteiger partial charge in [-0.3, -0.25) is 14.7 Å². The molecule has 0 unspecified atom stereocenters. The number of carbonyl (C=O) groups excluding carboxylic acids is 1. The van der Waals surface area contributed by atoms with E-state index in [4.69, 9.17) is 16.3 Å². The summed E-state index contributed by atoms with van der Waals surface area (Å²) in [5.74, 6) is 0.943. The minimum absolute atomic E-state index is 0.0434. The third-order valence-electron chi connectivity index (χ3n) is 5.29. The Balaban J connectivity index is 1.42. The number of amides is 1. The minimum Gasteiger partial charge on any atom is -0.383 e. The first-order valence-corrected chi connectivity index (χ1v) is 10.7. The van der Waals surface area contributed by atoms with Gasteiger partial charge in [-0.2, -0.15) is 0 Å². The van der Waals surface area contributed by atoms with Crippen LogP contribution in [0.2, 0.25) is 5.02 Å². The Morgan fingerprint density at radius 3 is 2.77 bits per heavy atom. The number of aromatic nitrogens is 1. The van der Waals surface area contributed by atoms with Crippen LogP contribution in [0.3, 0.4) is 0 Å². The predicted octanol–water partition coefficient (Wildman–Crippen LogP) is 1.32. The fraction of sp³-hybridized carbons (Fsp3) is 0.524. The summed E-state index contributed by atoms with van der Waals surface area (Å²) >= 11 is 6.14. The molecule has 0 saturated carbocycles. The number of ether oxygens (including phenoxy) is 1. The Kier molecular flexibility index (Phi) is 8.36. The largest absolute Gasteiger partial charge is 0.383 e. The Hall–Kier alpha value is -2.29. The molecule has 1 aliphatic rings. The molecule has 1 aromatic carbocycles. The number of halogens is 1. The van der Waals surface area contributed by atoms with Crippen LogP contribution in [0.15, 0.2) is 29.4 Å². The van der Waals surface area contributed by atoms with Crippen LogP contribution in [-0.2, 0) is 16.0 Å². The Morgan fingerprint density at radius 1 is 1.23 bits per heavy atom. The lowest BCUT2D eigenvalue weighted by molar-refractivity contribution is -0.122. The van der Waals surface area contributed by atoms with Crippen molar-refractivity contribution in [2.75, 3.05) is 66.6 Å². The number of carbonyl (C=O) groups is 1. The lowest BCUT2D eigenvalue weighted by Gasteiger charge is -2.36. The summed E-state index contributed by atoms with van der Waals surface area (Å²) in [7, 11) is 3.44. The van der Waals surface area contributed by atoms with Gasteiger partial charge in [-0.15, -0.1) is 0 Å². The average molecular weight is 435 g/mol. The SMILES string of the molecule is CN=C(NCCc1c[nH]c2ccc(Cl)cc12)N1CCN(CC(=O)NCCOC)CC1. The fourth-order valence-corrected chi connectivity index (χ4v) is 3.84. The molecule has 1 saturated heterocycles. The highest BCUT2D eigenvalue weighted by Crippen LogP contribution is 2.22. The molecule has 9 heteroatoms. The van der Waals surface area contributed by atoms with E-state index in [1.54, 1.807) is 7.11 Å². The van der Waals surface area contributed by atoms with Crippen molar-refractivity contribution in [3.8, 4) is 0 Å². The molecule has 164 valence electrons. The number of aliphatic imine (C=N–C) groups is 1. The maximum absolute atomic E-state index is 12.0. The molecule has 0 radical (unpaired) electrons. The minimum atomic E-state index is 0.0434. The summed E-state index contributed by atoms with van der Waals surface area (Å²) in [6.45, 7) is 5.64. The van der Waals surface area contributed by atoms with E-state index >= 15 is 0 Å². The predicted molar refractivity (Wildman–Crippen MR) is 121 cm³/mol. The van der Waals surface area contributed by atoms with Gasteiger partial charge in [-0.05, 0) is 30.2 Å². The summed E-state index contributed by atoms with van der Waals surface area (Å²) < 4.78 is 4.95. The Morgan fingerprint density at radius 2 is 2.03 bits per heavy atom. The zero-order valence-electron chi connectivity index (χ0n) is 17.7. The van der Waals surface area contributed by atoms with Crippen LogP contribution in [0.5, 0.6) is 0 Å². The smallest absolute Gasteiger partial charge is 0.234 e. The summed E-state index contributed by atoms with van der Waals surface area (Å²) in [6, 6.07) is 5.90. The van der Waals surface area contributed by atoms with E-state index in [0.29, 0.717) is 19.7 Å². The van der Waals surface area contributed by atoms with Crippen molar-refractivity contribution in [3.63, 3.8) is 0 Å². The molecule has 0 atom stereocenters. The highest BCUT2D eigenvalue weighted by molar-refractivity contribution is 6.31. The van der Waals surface area contributed by atoms with Gasteiger partial charge in [0.2, 0.25) is 5.91 Å². The molecule has 2 heterocycles. The maximum Gasteiger partial charge on any atom is 0.234 e. The van der Waals surface area contributed by atoms with Gasteiger partial charge < -0.3 is 25.3 Å². The van der Waals surface area contributed by atoms with Crippen molar-refractivity contribution in [1.29, 1.82) is 0 Å². The number of piperazine rings is 1. The molecule has 3 rings (SSSR count). The molecule has 1 fully saturated rings. The number of guanidine groups is 1. The van der Waals surface area contributed by atoms with Crippen molar-refractivity contribution < 1.29 is 9.53 Å². The molecular formula is C21H31ClN6O2. The highest BCUT2D eigenvalue weighted by Gasteiger charge is 2.21. The first-order chi connectivity index (χ1) is 14.6. The lowest BCUT2D eigenvalue weighted by Crippen LogP contribution is -2.54. The van der Waals surface area contributed by atoms with E-state index in [-0.39, 0.29) is 5.91 Å². The standard InChI is InChI=1S/C21H31ClN6O2/c1-23-21(25-6-5-16-14-26-19-4-3-17(22)13-18(16)19)28-10-8-27(9-11-28)15-20(29)24-7-12-30-2/h3-4,13-14,26H,5-12,15H2,1-2H3,(H,23,25)(H,24,29). The van der Waals surface area contributed by atoms with Gasteiger partial charge in [0.25, 0.3) is 0 Å². The number of benzene rings is 1. The number of nitrogens with zero attached hydrogens (tertiary/aromatic N) is 3. The van der Waals surface area contributed by atoms with E-state index < -0.39 is 0 Å². The number of aromatic amines is 1. The maximum atomic E-state index is 12.0. The first-order valence-electron chi connectivity index (χ1n) is 10.3. The van der Waals surface area contributed by atoms with E-state index in [9.17, 15) is 4.79 Å². The van der Waals surface area contributed by atoms with Crippen LogP contribution in [0, 0.1) is 0 Å². The zero-order valence-corrected chi connectivity index (χ0v) is 18.5. The van der Waals surface area contributed by atoms with Crippen molar-refractivity contribution >= 4 is 34.4 Å². The van der Waals surface area contributed by atoms with Gasteiger partial charge in [-0.25, -0.2) is 0 Å².